The maximum atomic E-state index is 16.5. The Balaban J connectivity index is 1.20. The van der Waals surface area contributed by atoms with Gasteiger partial charge in [0.05, 0.1) is 5.69 Å². The Labute approximate surface area is 303 Å². The number of benzene rings is 7. The first-order chi connectivity index (χ1) is 26.1. The van der Waals surface area contributed by atoms with Gasteiger partial charge < -0.3 is 8.83 Å². The summed E-state index contributed by atoms with van der Waals surface area (Å²) in [5, 5.41) is 4.72. The van der Waals surface area contributed by atoms with Crippen molar-refractivity contribution in [3.05, 3.63) is 164 Å². The fraction of sp³-hybridized carbons (Fsp3) is 0. The van der Waals surface area contributed by atoms with Gasteiger partial charge in [0.25, 0.3) is 7.29 Å². The Kier molecular flexibility index (Phi) is 6.39. The molecule has 11 rings (SSSR count). The lowest BCUT2D eigenvalue weighted by molar-refractivity contribution is 0.585. The van der Waals surface area contributed by atoms with Gasteiger partial charge in [-0.3, -0.25) is 9.24 Å². The van der Waals surface area contributed by atoms with Crippen molar-refractivity contribution >= 4 is 73.4 Å². The highest BCUT2D eigenvalue weighted by atomic mass is 31.2. The molecule has 250 valence electrons. The first kappa shape index (κ1) is 29.9. The van der Waals surface area contributed by atoms with Crippen LogP contribution in [-0.4, -0.2) is 15.0 Å². The molecule has 0 radical (unpaired) electrons. The summed E-state index contributed by atoms with van der Waals surface area (Å²) in [7, 11) is -3.83. The number of rotatable bonds is 4. The van der Waals surface area contributed by atoms with E-state index in [0.717, 1.165) is 66.3 Å². The molecule has 53 heavy (non-hydrogen) atoms. The van der Waals surface area contributed by atoms with Crippen LogP contribution in [0.15, 0.2) is 173 Å². The van der Waals surface area contributed by atoms with Gasteiger partial charge in [-0.2, -0.15) is 0 Å². The van der Waals surface area contributed by atoms with Crippen LogP contribution in [-0.2, 0) is 4.57 Å². The zero-order chi connectivity index (χ0) is 35.1. The molecule has 4 heterocycles. The van der Waals surface area contributed by atoms with Crippen molar-refractivity contribution in [2.45, 2.75) is 0 Å². The Morgan fingerprint density at radius 3 is 1.60 bits per heavy atom. The number of hydrogen-bond acceptors (Lipinski definition) is 6. The normalized spacial score (nSPS) is 15.3. The molecule has 0 fully saturated rings. The molecule has 7 aromatic carbocycles. The van der Waals surface area contributed by atoms with E-state index in [1.54, 1.807) is 0 Å². The van der Waals surface area contributed by atoms with Crippen LogP contribution in [0.2, 0.25) is 0 Å². The van der Waals surface area contributed by atoms with Crippen molar-refractivity contribution in [1.29, 1.82) is 0 Å². The fourth-order valence-corrected chi connectivity index (χ4v) is 10.5. The molecule has 10 aromatic rings. The van der Waals surface area contributed by atoms with E-state index >= 15 is 4.57 Å². The summed E-state index contributed by atoms with van der Waals surface area (Å²) in [5.41, 5.74) is 8.10. The molecule has 7 nitrogen and oxygen atoms in total. The number of nitrogens with zero attached hydrogens (tertiary/aromatic N) is 4. The lowest BCUT2D eigenvalue weighted by Crippen LogP contribution is -2.36. The standard InChI is InChI=1S/C45H27N4O3P/c50-53(42-21-11-7-17-36(42)31-14-4-8-18-37(31)49(53)30-12-2-1-3-13-30)45-47-43(28-22-24-34-32-15-5-9-19-38(32)51-40(34)26-28)46-44(48-45)29-23-25-35-33-16-6-10-20-39(33)52-41(35)27-29/h1-27H. The number of aromatic nitrogens is 3. The van der Waals surface area contributed by atoms with Gasteiger partial charge in [-0.15, -0.1) is 0 Å². The van der Waals surface area contributed by atoms with E-state index in [2.05, 4.69) is 18.2 Å². The Morgan fingerprint density at radius 1 is 0.453 bits per heavy atom. The van der Waals surface area contributed by atoms with Crippen LogP contribution >= 0.6 is 7.29 Å². The predicted molar refractivity (Wildman–Crippen MR) is 213 cm³/mol. The van der Waals surface area contributed by atoms with E-state index in [0.29, 0.717) is 28.1 Å². The van der Waals surface area contributed by atoms with Gasteiger partial charge in [0, 0.05) is 49.2 Å². The highest BCUT2D eigenvalue weighted by Crippen LogP contribution is 2.60. The average molecular weight is 703 g/mol. The van der Waals surface area contributed by atoms with Crippen molar-refractivity contribution in [3.8, 4) is 33.9 Å². The molecule has 1 aliphatic rings. The second-order valence-electron chi connectivity index (χ2n) is 13.2. The van der Waals surface area contributed by atoms with E-state index in [4.69, 9.17) is 23.8 Å². The predicted octanol–water partition coefficient (Wildman–Crippen LogP) is 11.1. The number of anilines is 2. The number of hydrogen-bond donors (Lipinski definition) is 0. The minimum atomic E-state index is -3.83. The summed E-state index contributed by atoms with van der Waals surface area (Å²) in [6.45, 7) is 0. The topological polar surface area (TPSA) is 85.3 Å². The van der Waals surface area contributed by atoms with E-state index in [1.165, 1.54) is 0 Å². The molecule has 0 N–H and O–H groups in total. The van der Waals surface area contributed by atoms with Gasteiger partial charge in [-0.1, -0.05) is 103 Å². The van der Waals surface area contributed by atoms with Crippen LogP contribution in [0, 0.1) is 0 Å². The third kappa shape index (κ3) is 4.48. The molecule has 3 aromatic heterocycles. The molecule has 1 aliphatic heterocycles. The number of fused-ring (bicyclic) bond motifs is 9. The summed E-state index contributed by atoms with van der Waals surface area (Å²) in [6.07, 6.45) is 0. The van der Waals surface area contributed by atoms with Crippen molar-refractivity contribution < 1.29 is 13.4 Å². The van der Waals surface area contributed by atoms with Crippen LogP contribution in [0.5, 0.6) is 0 Å². The van der Waals surface area contributed by atoms with E-state index in [9.17, 15) is 0 Å². The molecule has 0 amide bonds. The largest absolute Gasteiger partial charge is 0.456 e. The Hall–Kier alpha value is -6.82. The third-order valence-electron chi connectivity index (χ3n) is 10.1. The smallest absolute Gasteiger partial charge is 0.270 e. The highest BCUT2D eigenvalue weighted by molar-refractivity contribution is 7.80. The van der Waals surface area contributed by atoms with Crippen LogP contribution < -0.4 is 15.5 Å². The maximum absolute atomic E-state index is 16.5. The highest BCUT2D eigenvalue weighted by Gasteiger charge is 2.45. The minimum absolute atomic E-state index is 0.178. The maximum Gasteiger partial charge on any atom is 0.270 e. The van der Waals surface area contributed by atoms with Crippen molar-refractivity contribution in [2.24, 2.45) is 0 Å². The first-order valence-electron chi connectivity index (χ1n) is 17.4. The summed E-state index contributed by atoms with van der Waals surface area (Å²) >= 11 is 0. The van der Waals surface area contributed by atoms with Gasteiger partial charge in [0.2, 0.25) is 5.57 Å². The van der Waals surface area contributed by atoms with Gasteiger partial charge in [0.1, 0.15) is 22.3 Å². The van der Waals surface area contributed by atoms with Crippen molar-refractivity contribution in [1.82, 2.24) is 15.0 Å². The lowest BCUT2D eigenvalue weighted by atomic mass is 10.0. The number of para-hydroxylation sites is 4. The molecule has 1 atom stereocenters. The Morgan fingerprint density at radius 2 is 0.962 bits per heavy atom. The minimum Gasteiger partial charge on any atom is -0.456 e. The SMILES string of the molecule is O=P1(c2nc(-c3ccc4c(c3)oc3ccccc34)nc(-c3ccc4c(c3)oc3ccccc34)n2)c2ccccc2-c2ccccc2N1c1ccccc1. The summed E-state index contributed by atoms with van der Waals surface area (Å²) in [5.74, 6) is 0.772. The molecule has 0 bridgehead atoms. The molecule has 0 spiro atoms. The van der Waals surface area contributed by atoms with E-state index < -0.39 is 7.29 Å². The van der Waals surface area contributed by atoms with Crippen molar-refractivity contribution in [2.75, 3.05) is 4.67 Å². The Bertz CT molecular complexity index is 3000. The second kappa shape index (κ2) is 11.3. The fourth-order valence-electron chi connectivity index (χ4n) is 7.67. The monoisotopic (exact) mass is 702 g/mol. The van der Waals surface area contributed by atoms with E-state index in [-0.39, 0.29) is 5.57 Å². The first-order valence-corrected chi connectivity index (χ1v) is 19.0. The molecule has 0 saturated heterocycles. The molecular formula is C45H27N4O3P. The molecule has 8 heteroatoms. The van der Waals surface area contributed by atoms with Gasteiger partial charge in [0.15, 0.2) is 11.6 Å². The van der Waals surface area contributed by atoms with Crippen LogP contribution in [0.4, 0.5) is 11.4 Å². The third-order valence-corrected chi connectivity index (χ3v) is 12.9. The zero-order valence-electron chi connectivity index (χ0n) is 28.0. The molecule has 0 aliphatic carbocycles. The molecule has 0 saturated carbocycles. The number of furan rings is 2. The molecular weight excluding hydrogens is 675 g/mol. The van der Waals surface area contributed by atoms with Gasteiger partial charge in [-0.05, 0) is 66.2 Å². The van der Waals surface area contributed by atoms with Crippen LogP contribution in [0.1, 0.15) is 0 Å². The van der Waals surface area contributed by atoms with Gasteiger partial charge in [-0.25, -0.2) is 15.0 Å². The lowest BCUT2D eigenvalue weighted by Gasteiger charge is -2.39. The summed E-state index contributed by atoms with van der Waals surface area (Å²) in [4.78, 5) is 15.3. The molecule has 1 unspecified atom stereocenters. The van der Waals surface area contributed by atoms with Gasteiger partial charge >= 0.3 is 0 Å². The summed E-state index contributed by atoms with van der Waals surface area (Å²) < 4.78 is 31.0. The van der Waals surface area contributed by atoms with Crippen LogP contribution in [0.25, 0.3) is 77.8 Å². The van der Waals surface area contributed by atoms with E-state index in [1.807, 2.05) is 150 Å². The summed E-state index contributed by atoms with van der Waals surface area (Å²) in [6, 6.07) is 53.7. The zero-order valence-corrected chi connectivity index (χ0v) is 28.9. The van der Waals surface area contributed by atoms with Crippen LogP contribution in [0.3, 0.4) is 0 Å². The quantitative estimate of drug-likeness (QED) is 0.169. The average Bonchev–Trinajstić information content (AvgIpc) is 3.79. The second-order valence-corrected chi connectivity index (χ2v) is 15.6. The van der Waals surface area contributed by atoms with Crippen molar-refractivity contribution in [3.63, 3.8) is 0 Å².